The molecular formula is C22H29ClN6O3. The second-order valence-corrected chi connectivity index (χ2v) is 8.39. The van der Waals surface area contributed by atoms with Gasteiger partial charge in [0.25, 0.3) is 0 Å². The molecule has 1 aliphatic carbocycles. The molecule has 2 heterocycles. The van der Waals surface area contributed by atoms with Crippen molar-refractivity contribution in [1.82, 2.24) is 9.97 Å². The topological polar surface area (TPSA) is 133 Å². The first-order valence-electron chi connectivity index (χ1n) is 10.8. The summed E-state index contributed by atoms with van der Waals surface area (Å²) >= 11 is 6.31. The van der Waals surface area contributed by atoms with Gasteiger partial charge in [0.1, 0.15) is 5.02 Å². The number of nitrogens with zero attached hydrogens (tertiary/aromatic N) is 3. The molecule has 2 aliphatic rings. The van der Waals surface area contributed by atoms with Crippen molar-refractivity contribution in [1.29, 1.82) is 0 Å². The lowest BCUT2D eigenvalue weighted by molar-refractivity contribution is -0.118. The van der Waals surface area contributed by atoms with Crippen molar-refractivity contribution < 1.29 is 14.7 Å². The van der Waals surface area contributed by atoms with Crippen LogP contribution in [0, 0.1) is 0 Å². The number of anilines is 4. The van der Waals surface area contributed by atoms with Crippen LogP contribution in [0.15, 0.2) is 24.4 Å². The first kappa shape index (κ1) is 23.6. The standard InChI is InChI=1S/C21H26ClN5O.CH3NO2/c1-27-18-11-10-16(12-14(18)6-5-9-19(27)28)25-21-23-13-17(22)20(26-21)24-15-7-3-2-4-8-15;2-1(3)4/h10-13,15H,2-9H2,1H3,(H2,23,24,25,26);2H2,(H,3,4). The summed E-state index contributed by atoms with van der Waals surface area (Å²) in [4.78, 5) is 31.5. The third-order valence-electron chi connectivity index (χ3n) is 5.60. The van der Waals surface area contributed by atoms with Crippen LogP contribution < -0.4 is 21.3 Å². The van der Waals surface area contributed by atoms with E-state index in [-0.39, 0.29) is 5.91 Å². The smallest absolute Gasteiger partial charge is 0.402 e. The summed E-state index contributed by atoms with van der Waals surface area (Å²) in [6.07, 6.45) is 8.75. The molecule has 2 aromatic rings. The number of nitrogens with one attached hydrogen (secondary N) is 2. The summed E-state index contributed by atoms with van der Waals surface area (Å²) < 4.78 is 0. The van der Waals surface area contributed by atoms with Gasteiger partial charge in [0.2, 0.25) is 11.9 Å². The minimum atomic E-state index is -1.33. The molecule has 1 aliphatic heterocycles. The van der Waals surface area contributed by atoms with Crippen LogP contribution in [0.2, 0.25) is 5.02 Å². The summed E-state index contributed by atoms with van der Waals surface area (Å²) in [5.41, 5.74) is 7.07. The molecule has 0 unspecified atom stereocenters. The lowest BCUT2D eigenvalue weighted by atomic mass is 9.95. The number of halogens is 1. The zero-order valence-electron chi connectivity index (χ0n) is 18.1. The van der Waals surface area contributed by atoms with Crippen molar-refractivity contribution in [2.75, 3.05) is 22.6 Å². The van der Waals surface area contributed by atoms with Crippen LogP contribution in [0.3, 0.4) is 0 Å². The summed E-state index contributed by atoms with van der Waals surface area (Å²) in [7, 11) is 1.84. The summed E-state index contributed by atoms with van der Waals surface area (Å²) in [5.74, 6) is 1.37. The average Bonchev–Trinajstić information content (AvgIpc) is 2.89. The highest BCUT2D eigenvalue weighted by atomic mass is 35.5. The fourth-order valence-electron chi connectivity index (χ4n) is 4.02. The van der Waals surface area contributed by atoms with Gasteiger partial charge in [-0.25, -0.2) is 9.78 Å². The molecule has 1 aromatic heterocycles. The van der Waals surface area contributed by atoms with E-state index in [0.29, 0.717) is 29.3 Å². The molecule has 0 bridgehead atoms. The quantitative estimate of drug-likeness (QED) is 0.526. The number of fused-ring (bicyclic) bond motifs is 1. The second kappa shape index (κ2) is 11.0. The fourth-order valence-corrected chi connectivity index (χ4v) is 4.17. The predicted molar refractivity (Wildman–Crippen MR) is 126 cm³/mol. The number of carboxylic acid groups (broad SMARTS) is 1. The van der Waals surface area contributed by atoms with E-state index in [1.54, 1.807) is 11.1 Å². The van der Waals surface area contributed by atoms with E-state index in [1.165, 1.54) is 19.3 Å². The predicted octanol–water partition coefficient (Wildman–Crippen LogP) is 4.54. The van der Waals surface area contributed by atoms with Gasteiger partial charge in [-0.05, 0) is 49.4 Å². The van der Waals surface area contributed by atoms with E-state index in [9.17, 15) is 4.79 Å². The van der Waals surface area contributed by atoms with Gasteiger partial charge in [0.05, 0.1) is 6.20 Å². The lowest BCUT2D eigenvalue weighted by Crippen LogP contribution is -2.24. The van der Waals surface area contributed by atoms with E-state index in [4.69, 9.17) is 21.5 Å². The van der Waals surface area contributed by atoms with Gasteiger partial charge >= 0.3 is 6.09 Å². The number of hydrogen-bond donors (Lipinski definition) is 4. The summed E-state index contributed by atoms with van der Waals surface area (Å²) in [6, 6.07) is 6.45. The summed E-state index contributed by atoms with van der Waals surface area (Å²) in [5, 5.41) is 14.5. The minimum absolute atomic E-state index is 0.166. The molecule has 4 rings (SSSR count). The van der Waals surface area contributed by atoms with Crippen LogP contribution in [0.5, 0.6) is 0 Å². The van der Waals surface area contributed by atoms with Gasteiger partial charge in [-0.3, -0.25) is 4.79 Å². The molecular weight excluding hydrogens is 432 g/mol. The van der Waals surface area contributed by atoms with Crippen molar-refractivity contribution in [3.05, 3.63) is 35.0 Å². The second-order valence-electron chi connectivity index (χ2n) is 7.98. The lowest BCUT2D eigenvalue weighted by Gasteiger charge is -2.23. The van der Waals surface area contributed by atoms with Crippen molar-refractivity contribution in [3.63, 3.8) is 0 Å². The van der Waals surface area contributed by atoms with E-state index in [1.807, 2.05) is 19.2 Å². The first-order valence-corrected chi connectivity index (χ1v) is 11.1. The number of carbonyl (C=O) groups is 2. The highest BCUT2D eigenvalue weighted by Gasteiger charge is 2.19. The molecule has 10 heteroatoms. The molecule has 0 atom stereocenters. The Morgan fingerprint density at radius 3 is 2.66 bits per heavy atom. The first-order chi connectivity index (χ1) is 15.3. The third-order valence-corrected chi connectivity index (χ3v) is 5.87. The van der Waals surface area contributed by atoms with E-state index in [2.05, 4.69) is 32.4 Å². The van der Waals surface area contributed by atoms with Crippen LogP contribution in [-0.2, 0) is 11.2 Å². The largest absolute Gasteiger partial charge is 0.465 e. The number of aromatic nitrogens is 2. The van der Waals surface area contributed by atoms with Crippen LogP contribution in [0.25, 0.3) is 0 Å². The Hall–Kier alpha value is -3.07. The van der Waals surface area contributed by atoms with Gasteiger partial charge < -0.3 is 26.4 Å². The molecule has 172 valence electrons. The van der Waals surface area contributed by atoms with Gasteiger partial charge in [0, 0.05) is 30.9 Å². The number of nitrogens with two attached hydrogens (primary N) is 1. The number of aryl methyl sites for hydroxylation is 1. The molecule has 0 radical (unpaired) electrons. The van der Waals surface area contributed by atoms with Crippen LogP contribution in [-0.4, -0.2) is 40.2 Å². The molecule has 0 spiro atoms. The Balaban J connectivity index is 0.000000668. The Morgan fingerprint density at radius 2 is 1.94 bits per heavy atom. The van der Waals surface area contributed by atoms with Crippen molar-refractivity contribution >= 4 is 46.7 Å². The number of amides is 2. The average molecular weight is 461 g/mol. The van der Waals surface area contributed by atoms with E-state index < -0.39 is 6.09 Å². The number of rotatable bonds is 4. The Bertz CT molecular complexity index is 961. The molecule has 2 amide bonds. The molecule has 9 nitrogen and oxygen atoms in total. The van der Waals surface area contributed by atoms with Crippen molar-refractivity contribution in [3.8, 4) is 0 Å². The highest BCUT2D eigenvalue weighted by Crippen LogP contribution is 2.30. The van der Waals surface area contributed by atoms with Gasteiger partial charge in [0.15, 0.2) is 5.82 Å². The van der Waals surface area contributed by atoms with Crippen molar-refractivity contribution in [2.24, 2.45) is 5.73 Å². The maximum Gasteiger partial charge on any atom is 0.402 e. The zero-order chi connectivity index (χ0) is 23.1. The van der Waals surface area contributed by atoms with Crippen LogP contribution in [0.4, 0.5) is 27.9 Å². The molecule has 32 heavy (non-hydrogen) atoms. The number of carbonyl (C=O) groups excluding carboxylic acids is 1. The van der Waals surface area contributed by atoms with Crippen LogP contribution >= 0.6 is 11.6 Å². The van der Waals surface area contributed by atoms with Gasteiger partial charge in [-0.1, -0.05) is 30.9 Å². The Morgan fingerprint density at radius 1 is 1.22 bits per heavy atom. The molecule has 5 N–H and O–H groups in total. The number of benzene rings is 1. The maximum atomic E-state index is 12.1. The molecule has 1 aromatic carbocycles. The van der Waals surface area contributed by atoms with Crippen molar-refractivity contribution in [2.45, 2.75) is 57.4 Å². The molecule has 1 fully saturated rings. The monoisotopic (exact) mass is 460 g/mol. The fraction of sp³-hybridized carbons (Fsp3) is 0.455. The zero-order valence-corrected chi connectivity index (χ0v) is 18.9. The highest BCUT2D eigenvalue weighted by molar-refractivity contribution is 6.32. The van der Waals surface area contributed by atoms with Crippen LogP contribution in [0.1, 0.15) is 50.5 Å². The van der Waals surface area contributed by atoms with E-state index in [0.717, 1.165) is 42.6 Å². The minimum Gasteiger partial charge on any atom is -0.465 e. The normalized spacial score (nSPS) is 16.3. The Kier molecular flexibility index (Phi) is 8.10. The maximum absolute atomic E-state index is 12.1. The SMILES string of the molecule is CN1C(=O)CCCc2cc(Nc3ncc(Cl)c(NC4CCCCC4)n3)ccc21.NC(=O)O. The third kappa shape index (κ3) is 6.46. The molecule has 0 saturated heterocycles. The number of primary amides is 1. The van der Waals surface area contributed by atoms with Gasteiger partial charge in [-0.15, -0.1) is 0 Å². The summed E-state index contributed by atoms with van der Waals surface area (Å²) in [6.45, 7) is 0. The number of hydrogen-bond acceptors (Lipinski definition) is 6. The Labute approximate surface area is 192 Å². The molecule has 1 saturated carbocycles. The van der Waals surface area contributed by atoms with Gasteiger partial charge in [-0.2, -0.15) is 4.98 Å². The van der Waals surface area contributed by atoms with E-state index >= 15 is 0 Å².